The van der Waals surface area contributed by atoms with Crippen molar-refractivity contribution in [3.8, 4) is 11.5 Å². The lowest BCUT2D eigenvalue weighted by atomic mass is 10.1. The summed E-state index contributed by atoms with van der Waals surface area (Å²) in [6.45, 7) is 5.11. The smallest absolute Gasteiger partial charge is 0.243 e. The third-order valence-corrected chi connectivity index (χ3v) is 4.34. The molecule has 5 nitrogen and oxygen atoms in total. The molecule has 0 aliphatic carbocycles. The summed E-state index contributed by atoms with van der Waals surface area (Å²) in [7, 11) is 0. The minimum atomic E-state index is -0.0860. The van der Waals surface area contributed by atoms with Gasteiger partial charge in [-0.05, 0) is 67.4 Å². The topological polar surface area (TPSA) is 59.6 Å². The maximum absolute atomic E-state index is 12.2. The lowest BCUT2D eigenvalue weighted by Gasteiger charge is -2.11. The number of nitrogens with one attached hydrogen (secondary N) is 2. The van der Waals surface area contributed by atoms with Gasteiger partial charge in [0.15, 0.2) is 0 Å². The normalized spacial score (nSPS) is 10.3. The van der Waals surface area contributed by atoms with Gasteiger partial charge in [-0.2, -0.15) is 0 Å². The van der Waals surface area contributed by atoms with Crippen molar-refractivity contribution in [2.75, 3.05) is 30.4 Å². The Hall–Kier alpha value is -3.47. The van der Waals surface area contributed by atoms with Gasteiger partial charge in [-0.1, -0.05) is 30.3 Å². The van der Waals surface area contributed by atoms with E-state index >= 15 is 0 Å². The summed E-state index contributed by atoms with van der Waals surface area (Å²) in [5.74, 6) is 1.50. The van der Waals surface area contributed by atoms with Gasteiger partial charge < -0.3 is 20.1 Å². The standard InChI is InChI=1S/C24H26N2O3/c1-18-8-9-19(2)23(16-18)26-24(27)17-25-20-10-12-22(13-11-20)29-15-14-28-21-6-4-3-5-7-21/h3-13,16,25H,14-15,17H2,1-2H3,(H,26,27). The number of aryl methyl sites for hydroxylation is 2. The zero-order chi connectivity index (χ0) is 20.5. The molecular weight excluding hydrogens is 364 g/mol. The molecule has 1 amide bonds. The molecule has 0 bridgehead atoms. The van der Waals surface area contributed by atoms with Crippen LogP contribution in [0, 0.1) is 13.8 Å². The van der Waals surface area contributed by atoms with Gasteiger partial charge >= 0.3 is 0 Å². The van der Waals surface area contributed by atoms with Gasteiger partial charge in [0, 0.05) is 11.4 Å². The van der Waals surface area contributed by atoms with Gasteiger partial charge in [0.25, 0.3) is 0 Å². The number of rotatable bonds is 9. The molecule has 0 spiro atoms. The van der Waals surface area contributed by atoms with E-state index in [9.17, 15) is 4.79 Å². The van der Waals surface area contributed by atoms with E-state index in [1.807, 2.05) is 86.6 Å². The quantitative estimate of drug-likeness (QED) is 0.515. The molecule has 3 aromatic rings. The zero-order valence-electron chi connectivity index (χ0n) is 16.8. The van der Waals surface area contributed by atoms with E-state index in [1.165, 1.54) is 0 Å². The number of para-hydroxylation sites is 1. The summed E-state index contributed by atoms with van der Waals surface area (Å²) in [4.78, 5) is 12.2. The molecule has 0 aromatic heterocycles. The molecule has 0 unspecified atom stereocenters. The van der Waals surface area contributed by atoms with Crippen molar-refractivity contribution in [1.29, 1.82) is 0 Å². The Labute approximate surface area is 171 Å². The van der Waals surface area contributed by atoms with Gasteiger partial charge in [-0.25, -0.2) is 0 Å². The summed E-state index contributed by atoms with van der Waals surface area (Å²) in [5.41, 5.74) is 3.86. The average molecular weight is 390 g/mol. The fourth-order valence-electron chi connectivity index (χ4n) is 2.75. The van der Waals surface area contributed by atoms with E-state index in [0.29, 0.717) is 13.2 Å². The molecule has 0 saturated heterocycles. The first-order valence-electron chi connectivity index (χ1n) is 9.62. The highest BCUT2D eigenvalue weighted by atomic mass is 16.5. The molecular formula is C24H26N2O3. The lowest BCUT2D eigenvalue weighted by Crippen LogP contribution is -2.22. The zero-order valence-corrected chi connectivity index (χ0v) is 16.8. The second kappa shape index (κ2) is 10.2. The number of hydrogen-bond donors (Lipinski definition) is 2. The number of hydrogen-bond acceptors (Lipinski definition) is 4. The minimum absolute atomic E-state index is 0.0860. The number of carbonyl (C=O) groups excluding carboxylic acids is 1. The van der Waals surface area contributed by atoms with Crippen molar-refractivity contribution in [1.82, 2.24) is 0 Å². The molecule has 0 heterocycles. The highest BCUT2D eigenvalue weighted by Crippen LogP contribution is 2.17. The average Bonchev–Trinajstić information content (AvgIpc) is 2.74. The summed E-state index contributed by atoms with van der Waals surface area (Å²) >= 11 is 0. The van der Waals surface area contributed by atoms with Crippen LogP contribution in [0.5, 0.6) is 11.5 Å². The van der Waals surface area contributed by atoms with Gasteiger partial charge in [-0.3, -0.25) is 4.79 Å². The fraction of sp³-hybridized carbons (Fsp3) is 0.208. The summed E-state index contributed by atoms with van der Waals surface area (Å²) < 4.78 is 11.3. The summed E-state index contributed by atoms with van der Waals surface area (Å²) in [6, 6.07) is 23.2. The van der Waals surface area contributed by atoms with Crippen LogP contribution in [0.3, 0.4) is 0 Å². The van der Waals surface area contributed by atoms with Crippen molar-refractivity contribution in [2.45, 2.75) is 13.8 Å². The van der Waals surface area contributed by atoms with Crippen LogP contribution in [0.2, 0.25) is 0 Å². The third kappa shape index (κ3) is 6.57. The van der Waals surface area contributed by atoms with E-state index in [4.69, 9.17) is 9.47 Å². The Morgan fingerprint density at radius 1 is 0.828 bits per heavy atom. The first kappa shape index (κ1) is 20.3. The van der Waals surface area contributed by atoms with Crippen LogP contribution in [0.15, 0.2) is 72.8 Å². The Bertz CT molecular complexity index is 925. The molecule has 0 radical (unpaired) electrons. The van der Waals surface area contributed by atoms with Crippen LogP contribution in [-0.2, 0) is 4.79 Å². The van der Waals surface area contributed by atoms with E-state index in [2.05, 4.69) is 10.6 Å². The maximum atomic E-state index is 12.2. The molecule has 3 rings (SSSR count). The van der Waals surface area contributed by atoms with E-state index < -0.39 is 0 Å². The number of ether oxygens (including phenoxy) is 2. The number of anilines is 2. The third-order valence-electron chi connectivity index (χ3n) is 4.34. The molecule has 5 heteroatoms. The fourth-order valence-corrected chi connectivity index (χ4v) is 2.75. The second-order valence-electron chi connectivity index (χ2n) is 6.75. The van der Waals surface area contributed by atoms with Crippen LogP contribution in [-0.4, -0.2) is 25.7 Å². The van der Waals surface area contributed by atoms with Crippen molar-refractivity contribution in [2.24, 2.45) is 0 Å². The number of amides is 1. The van der Waals surface area contributed by atoms with Crippen LogP contribution >= 0.6 is 0 Å². The van der Waals surface area contributed by atoms with Crippen molar-refractivity contribution in [3.63, 3.8) is 0 Å². The monoisotopic (exact) mass is 390 g/mol. The first-order valence-corrected chi connectivity index (χ1v) is 9.62. The predicted octanol–water partition coefficient (Wildman–Crippen LogP) is 4.81. The van der Waals surface area contributed by atoms with Crippen molar-refractivity contribution >= 4 is 17.3 Å². The Morgan fingerprint density at radius 2 is 1.48 bits per heavy atom. The second-order valence-corrected chi connectivity index (χ2v) is 6.75. The SMILES string of the molecule is Cc1ccc(C)c(NC(=O)CNc2ccc(OCCOc3ccccc3)cc2)c1. The lowest BCUT2D eigenvalue weighted by molar-refractivity contribution is -0.114. The molecule has 0 saturated carbocycles. The predicted molar refractivity (Wildman–Crippen MR) is 117 cm³/mol. The molecule has 0 aliphatic heterocycles. The Kier molecular flexibility index (Phi) is 7.11. The molecule has 2 N–H and O–H groups in total. The number of carbonyl (C=O) groups is 1. The number of benzene rings is 3. The maximum Gasteiger partial charge on any atom is 0.243 e. The van der Waals surface area contributed by atoms with Crippen molar-refractivity contribution in [3.05, 3.63) is 83.9 Å². The van der Waals surface area contributed by atoms with Crippen LogP contribution < -0.4 is 20.1 Å². The molecule has 3 aromatic carbocycles. The van der Waals surface area contributed by atoms with E-state index in [1.54, 1.807) is 0 Å². The Balaban J connectivity index is 1.39. The Morgan fingerprint density at radius 3 is 2.17 bits per heavy atom. The summed E-state index contributed by atoms with van der Waals surface area (Å²) in [5, 5.41) is 6.06. The van der Waals surface area contributed by atoms with Crippen molar-refractivity contribution < 1.29 is 14.3 Å². The molecule has 0 aliphatic rings. The van der Waals surface area contributed by atoms with E-state index in [-0.39, 0.29) is 12.5 Å². The molecule has 29 heavy (non-hydrogen) atoms. The highest BCUT2D eigenvalue weighted by Gasteiger charge is 2.05. The van der Waals surface area contributed by atoms with Crippen LogP contribution in [0.4, 0.5) is 11.4 Å². The van der Waals surface area contributed by atoms with Gasteiger partial charge in [0.1, 0.15) is 24.7 Å². The summed E-state index contributed by atoms with van der Waals surface area (Å²) in [6.07, 6.45) is 0. The van der Waals surface area contributed by atoms with Crippen LogP contribution in [0.25, 0.3) is 0 Å². The highest BCUT2D eigenvalue weighted by molar-refractivity contribution is 5.94. The first-order chi connectivity index (χ1) is 14.1. The van der Waals surface area contributed by atoms with Gasteiger partial charge in [0.05, 0.1) is 6.54 Å². The van der Waals surface area contributed by atoms with Crippen LogP contribution in [0.1, 0.15) is 11.1 Å². The molecule has 0 atom stereocenters. The van der Waals surface area contributed by atoms with Gasteiger partial charge in [-0.15, -0.1) is 0 Å². The van der Waals surface area contributed by atoms with E-state index in [0.717, 1.165) is 34.0 Å². The minimum Gasteiger partial charge on any atom is -0.490 e. The largest absolute Gasteiger partial charge is 0.490 e. The molecule has 0 fully saturated rings. The molecule has 150 valence electrons. The van der Waals surface area contributed by atoms with Gasteiger partial charge in [0.2, 0.25) is 5.91 Å².